The predicted octanol–water partition coefficient (Wildman–Crippen LogP) is 0.556. The van der Waals surface area contributed by atoms with E-state index in [4.69, 9.17) is 5.73 Å². The Balaban J connectivity index is 3.23. The molecule has 0 heterocycles. The van der Waals surface area contributed by atoms with Gasteiger partial charge in [-0.2, -0.15) is 0 Å². The van der Waals surface area contributed by atoms with Crippen molar-refractivity contribution in [1.29, 1.82) is 0 Å². The molecule has 0 aliphatic carbocycles. The normalized spacial score (nSPS) is 11.1. The van der Waals surface area contributed by atoms with Gasteiger partial charge in [0.25, 0.3) is 0 Å². The highest BCUT2D eigenvalue weighted by Crippen LogP contribution is 2.17. The molecule has 0 aliphatic rings. The van der Waals surface area contributed by atoms with Gasteiger partial charge in [-0.1, -0.05) is 11.8 Å². The molecular weight excluding hydrogens is 236 g/mol. The number of sulfonamides is 1. The van der Waals surface area contributed by atoms with Crippen LogP contribution in [0.15, 0.2) is 23.1 Å². The largest absolute Gasteiger partial charge is 0.320 e. The number of benzene rings is 1. The second-order valence-electron chi connectivity index (χ2n) is 3.77. The number of nitrogens with zero attached hydrogens (tertiary/aromatic N) is 1. The molecule has 0 fully saturated rings. The van der Waals surface area contributed by atoms with Crippen molar-refractivity contribution in [1.82, 2.24) is 4.31 Å². The van der Waals surface area contributed by atoms with Gasteiger partial charge in [-0.3, -0.25) is 0 Å². The van der Waals surface area contributed by atoms with Crippen LogP contribution in [0.4, 0.5) is 0 Å². The molecule has 0 amide bonds. The maximum atomic E-state index is 11.9. The topological polar surface area (TPSA) is 63.4 Å². The van der Waals surface area contributed by atoms with Crippen molar-refractivity contribution in [2.75, 3.05) is 20.6 Å². The smallest absolute Gasteiger partial charge is 0.242 e. The predicted molar refractivity (Wildman–Crippen MR) is 68.0 cm³/mol. The minimum absolute atomic E-state index is 0.276. The zero-order valence-corrected chi connectivity index (χ0v) is 11.0. The molecule has 0 unspecified atom stereocenters. The van der Waals surface area contributed by atoms with E-state index < -0.39 is 10.0 Å². The quantitative estimate of drug-likeness (QED) is 0.782. The average molecular weight is 252 g/mol. The standard InChI is InChI=1S/C12H16N2O2S/c1-10-9-12(17(15,16)14(2)3)7-6-11(10)5-4-8-13/h6-7,9H,8,13H2,1-3H3. The number of hydrogen-bond acceptors (Lipinski definition) is 3. The lowest BCUT2D eigenvalue weighted by molar-refractivity contribution is 0.520. The molecule has 0 atom stereocenters. The fourth-order valence-corrected chi connectivity index (χ4v) is 2.28. The van der Waals surface area contributed by atoms with Crippen LogP contribution in [0.25, 0.3) is 0 Å². The monoisotopic (exact) mass is 252 g/mol. The van der Waals surface area contributed by atoms with E-state index in [1.165, 1.54) is 18.4 Å². The van der Waals surface area contributed by atoms with Crippen molar-refractivity contribution < 1.29 is 8.42 Å². The van der Waals surface area contributed by atoms with Gasteiger partial charge in [-0.15, -0.1) is 0 Å². The van der Waals surface area contributed by atoms with Crippen molar-refractivity contribution in [2.45, 2.75) is 11.8 Å². The lowest BCUT2D eigenvalue weighted by Gasteiger charge is -2.12. The molecule has 1 aromatic carbocycles. The van der Waals surface area contributed by atoms with Crippen molar-refractivity contribution in [2.24, 2.45) is 5.73 Å². The molecule has 0 saturated carbocycles. The first-order chi connectivity index (χ1) is 7.89. The van der Waals surface area contributed by atoms with Gasteiger partial charge in [-0.05, 0) is 30.7 Å². The minimum Gasteiger partial charge on any atom is -0.320 e. The molecule has 1 rings (SSSR count). The summed E-state index contributed by atoms with van der Waals surface area (Å²) in [5, 5.41) is 0. The fraction of sp³-hybridized carbons (Fsp3) is 0.333. The number of rotatable bonds is 2. The van der Waals surface area contributed by atoms with E-state index >= 15 is 0 Å². The van der Waals surface area contributed by atoms with Crippen LogP contribution >= 0.6 is 0 Å². The molecule has 2 N–H and O–H groups in total. The SMILES string of the molecule is Cc1cc(S(=O)(=O)N(C)C)ccc1C#CCN. The minimum atomic E-state index is -3.38. The summed E-state index contributed by atoms with van der Waals surface area (Å²) in [5.74, 6) is 5.64. The molecule has 5 heteroatoms. The Labute approximate surface area is 102 Å². The summed E-state index contributed by atoms with van der Waals surface area (Å²) >= 11 is 0. The molecular formula is C12H16N2O2S. The van der Waals surface area contributed by atoms with E-state index in [0.29, 0.717) is 0 Å². The van der Waals surface area contributed by atoms with E-state index in [2.05, 4.69) is 11.8 Å². The van der Waals surface area contributed by atoms with Gasteiger partial charge in [0.1, 0.15) is 0 Å². The first-order valence-corrected chi connectivity index (χ1v) is 6.55. The van der Waals surface area contributed by atoms with Gasteiger partial charge < -0.3 is 5.73 Å². The van der Waals surface area contributed by atoms with Crippen LogP contribution < -0.4 is 5.73 Å². The molecule has 1 aromatic rings. The lowest BCUT2D eigenvalue weighted by atomic mass is 10.1. The molecule has 0 spiro atoms. The third-order valence-electron chi connectivity index (χ3n) is 2.30. The van der Waals surface area contributed by atoms with E-state index in [0.717, 1.165) is 11.1 Å². The Kier molecular flexibility index (Phi) is 4.29. The molecule has 4 nitrogen and oxygen atoms in total. The zero-order valence-electron chi connectivity index (χ0n) is 10.2. The van der Waals surface area contributed by atoms with Crippen molar-refractivity contribution in [3.05, 3.63) is 29.3 Å². The molecule has 0 aromatic heterocycles. The Morgan fingerprint density at radius 1 is 1.35 bits per heavy atom. The summed E-state index contributed by atoms with van der Waals surface area (Å²) in [6.07, 6.45) is 0. The highest BCUT2D eigenvalue weighted by Gasteiger charge is 2.17. The Hall–Kier alpha value is -1.35. The van der Waals surface area contributed by atoms with E-state index in [9.17, 15) is 8.42 Å². The fourth-order valence-electron chi connectivity index (χ4n) is 1.29. The zero-order chi connectivity index (χ0) is 13.1. The third kappa shape index (κ3) is 3.07. The molecule has 92 valence electrons. The van der Waals surface area contributed by atoms with Crippen molar-refractivity contribution >= 4 is 10.0 Å². The molecule has 0 bridgehead atoms. The lowest BCUT2D eigenvalue weighted by Crippen LogP contribution is -2.22. The summed E-state index contributed by atoms with van der Waals surface area (Å²) in [5.41, 5.74) is 6.92. The Morgan fingerprint density at radius 3 is 2.47 bits per heavy atom. The van der Waals surface area contributed by atoms with Crippen LogP contribution in [0.3, 0.4) is 0 Å². The van der Waals surface area contributed by atoms with Crippen molar-refractivity contribution in [3.8, 4) is 11.8 Å². The highest BCUT2D eigenvalue weighted by molar-refractivity contribution is 7.89. The van der Waals surface area contributed by atoms with Crippen molar-refractivity contribution in [3.63, 3.8) is 0 Å². The van der Waals surface area contributed by atoms with Gasteiger partial charge in [0, 0.05) is 19.7 Å². The number of hydrogen-bond donors (Lipinski definition) is 1. The van der Waals surface area contributed by atoms with Gasteiger partial charge in [0.05, 0.1) is 11.4 Å². The first kappa shape index (κ1) is 13.7. The highest BCUT2D eigenvalue weighted by atomic mass is 32.2. The summed E-state index contributed by atoms with van der Waals surface area (Å²) in [6, 6.07) is 4.88. The van der Waals surface area contributed by atoms with Gasteiger partial charge in [0.2, 0.25) is 10.0 Å². The van der Waals surface area contributed by atoms with E-state index in [-0.39, 0.29) is 11.4 Å². The average Bonchev–Trinajstić information content (AvgIpc) is 2.27. The Bertz CT molecular complexity index is 566. The van der Waals surface area contributed by atoms with Crippen LogP contribution in [0.5, 0.6) is 0 Å². The van der Waals surface area contributed by atoms with Crippen LogP contribution in [-0.4, -0.2) is 33.4 Å². The maximum Gasteiger partial charge on any atom is 0.242 e. The summed E-state index contributed by atoms with van der Waals surface area (Å²) in [6.45, 7) is 2.12. The Morgan fingerprint density at radius 2 is 2.00 bits per heavy atom. The van der Waals surface area contributed by atoms with Gasteiger partial charge in [-0.25, -0.2) is 12.7 Å². The molecule has 0 saturated heterocycles. The first-order valence-electron chi connectivity index (χ1n) is 5.11. The van der Waals surface area contributed by atoms with Gasteiger partial charge in [0.15, 0.2) is 0 Å². The van der Waals surface area contributed by atoms with Crippen LogP contribution in [0, 0.1) is 18.8 Å². The van der Waals surface area contributed by atoms with Crippen LogP contribution in [0.1, 0.15) is 11.1 Å². The molecule has 0 aliphatic heterocycles. The second kappa shape index (κ2) is 5.32. The summed E-state index contributed by atoms with van der Waals surface area (Å²) < 4.78 is 24.9. The summed E-state index contributed by atoms with van der Waals surface area (Å²) in [4.78, 5) is 0.276. The van der Waals surface area contributed by atoms with Crippen LogP contribution in [-0.2, 0) is 10.0 Å². The van der Waals surface area contributed by atoms with E-state index in [1.807, 2.05) is 6.92 Å². The molecule has 17 heavy (non-hydrogen) atoms. The second-order valence-corrected chi connectivity index (χ2v) is 5.92. The van der Waals surface area contributed by atoms with E-state index in [1.54, 1.807) is 18.2 Å². The van der Waals surface area contributed by atoms with Gasteiger partial charge >= 0.3 is 0 Å². The molecule has 0 radical (unpaired) electrons. The summed E-state index contributed by atoms with van der Waals surface area (Å²) in [7, 11) is -0.363. The van der Waals surface area contributed by atoms with Crippen LogP contribution in [0.2, 0.25) is 0 Å². The third-order valence-corrected chi connectivity index (χ3v) is 4.11. The number of aryl methyl sites for hydroxylation is 1. The number of nitrogens with two attached hydrogens (primary N) is 1. The maximum absolute atomic E-state index is 11.9.